The monoisotopic (exact) mass is 205 g/mol. The molecule has 0 amide bonds. The van der Waals surface area contributed by atoms with Crippen molar-refractivity contribution in [2.75, 3.05) is 5.32 Å². The lowest BCUT2D eigenvalue weighted by Crippen LogP contribution is -2.03. The van der Waals surface area contributed by atoms with E-state index in [1.165, 1.54) is 12.4 Å². The van der Waals surface area contributed by atoms with E-state index in [9.17, 15) is 4.39 Å². The van der Waals surface area contributed by atoms with Crippen molar-refractivity contribution in [1.29, 1.82) is 0 Å². The summed E-state index contributed by atoms with van der Waals surface area (Å²) in [6.45, 7) is 0.471. The van der Waals surface area contributed by atoms with E-state index < -0.39 is 5.95 Å². The second-order valence-corrected chi connectivity index (χ2v) is 2.78. The fourth-order valence-corrected chi connectivity index (χ4v) is 1.03. The van der Waals surface area contributed by atoms with Crippen molar-refractivity contribution >= 4 is 5.82 Å². The molecule has 76 valence electrons. The zero-order valence-corrected chi connectivity index (χ0v) is 7.76. The quantitative estimate of drug-likeness (QED) is 0.758. The van der Waals surface area contributed by atoms with Crippen molar-refractivity contribution in [1.82, 2.24) is 19.9 Å². The molecule has 0 bridgehead atoms. The standard InChI is InChI=1S/C9H8FN5/c10-8-3-9(15-6-14-8)12-4-7-1-2-11-5-13-7/h1-3,5-6H,4H2,(H,12,14,15). The number of anilines is 1. The van der Waals surface area contributed by atoms with Crippen molar-refractivity contribution < 1.29 is 4.39 Å². The Morgan fingerprint density at radius 1 is 1.20 bits per heavy atom. The highest BCUT2D eigenvalue weighted by Crippen LogP contribution is 2.03. The molecule has 0 aliphatic carbocycles. The first-order valence-electron chi connectivity index (χ1n) is 4.31. The van der Waals surface area contributed by atoms with Gasteiger partial charge in [0.25, 0.3) is 0 Å². The van der Waals surface area contributed by atoms with Crippen molar-refractivity contribution in [3.63, 3.8) is 0 Å². The fourth-order valence-electron chi connectivity index (χ4n) is 1.03. The summed E-state index contributed by atoms with van der Waals surface area (Å²) < 4.78 is 12.7. The Bertz CT molecular complexity index is 434. The van der Waals surface area contributed by atoms with E-state index in [1.54, 1.807) is 12.3 Å². The SMILES string of the molecule is Fc1cc(NCc2ccncn2)ncn1. The third kappa shape index (κ3) is 2.67. The van der Waals surface area contributed by atoms with Gasteiger partial charge in [0, 0.05) is 12.3 Å². The summed E-state index contributed by atoms with van der Waals surface area (Å²) in [6.07, 6.45) is 4.26. The Kier molecular flexibility index (Phi) is 2.77. The topological polar surface area (TPSA) is 63.6 Å². The van der Waals surface area contributed by atoms with Crippen LogP contribution in [0.3, 0.4) is 0 Å². The molecule has 1 N–H and O–H groups in total. The highest BCUT2D eigenvalue weighted by molar-refractivity contribution is 5.32. The minimum absolute atomic E-state index is 0.432. The molecule has 0 radical (unpaired) electrons. The Labute approximate surface area is 85.4 Å². The predicted octanol–water partition coefficient (Wildman–Crippen LogP) is 1.02. The maximum Gasteiger partial charge on any atom is 0.217 e. The van der Waals surface area contributed by atoms with E-state index >= 15 is 0 Å². The van der Waals surface area contributed by atoms with Crippen LogP contribution in [0.2, 0.25) is 0 Å². The van der Waals surface area contributed by atoms with Crippen LogP contribution in [0.1, 0.15) is 5.69 Å². The van der Waals surface area contributed by atoms with Crippen LogP contribution in [0.15, 0.2) is 31.0 Å². The number of aromatic nitrogens is 4. The second kappa shape index (κ2) is 4.41. The van der Waals surface area contributed by atoms with Gasteiger partial charge in [-0.2, -0.15) is 4.39 Å². The van der Waals surface area contributed by atoms with E-state index in [0.717, 1.165) is 12.0 Å². The zero-order valence-electron chi connectivity index (χ0n) is 7.76. The lowest BCUT2D eigenvalue weighted by atomic mass is 10.4. The summed E-state index contributed by atoms with van der Waals surface area (Å²) in [6, 6.07) is 2.99. The Balaban J connectivity index is 1.99. The first kappa shape index (κ1) is 9.45. The van der Waals surface area contributed by atoms with Gasteiger partial charge in [-0.05, 0) is 6.07 Å². The molecule has 15 heavy (non-hydrogen) atoms. The number of nitrogens with zero attached hydrogens (tertiary/aromatic N) is 4. The van der Waals surface area contributed by atoms with E-state index in [1.807, 2.05) is 0 Å². The first-order valence-corrected chi connectivity index (χ1v) is 4.31. The van der Waals surface area contributed by atoms with Gasteiger partial charge >= 0.3 is 0 Å². The van der Waals surface area contributed by atoms with Gasteiger partial charge in [0.2, 0.25) is 5.95 Å². The summed E-state index contributed by atoms with van der Waals surface area (Å²) in [7, 11) is 0. The highest BCUT2D eigenvalue weighted by Gasteiger charge is 1.97. The average molecular weight is 205 g/mol. The molecular weight excluding hydrogens is 197 g/mol. The molecule has 0 saturated heterocycles. The lowest BCUT2D eigenvalue weighted by Gasteiger charge is -2.03. The molecule has 0 fully saturated rings. The number of hydrogen-bond acceptors (Lipinski definition) is 5. The Morgan fingerprint density at radius 2 is 2.13 bits per heavy atom. The molecule has 2 rings (SSSR count). The van der Waals surface area contributed by atoms with Gasteiger partial charge in [-0.15, -0.1) is 0 Å². The maximum absolute atomic E-state index is 12.7. The fraction of sp³-hybridized carbons (Fsp3) is 0.111. The zero-order chi connectivity index (χ0) is 10.5. The minimum atomic E-state index is -0.560. The van der Waals surface area contributed by atoms with E-state index in [-0.39, 0.29) is 0 Å². The van der Waals surface area contributed by atoms with Gasteiger partial charge in [0.15, 0.2) is 0 Å². The third-order valence-electron chi connectivity index (χ3n) is 1.73. The van der Waals surface area contributed by atoms with Gasteiger partial charge in [-0.1, -0.05) is 0 Å². The maximum atomic E-state index is 12.7. The summed E-state index contributed by atoms with van der Waals surface area (Å²) in [5.41, 5.74) is 0.809. The normalized spacial score (nSPS) is 9.93. The smallest absolute Gasteiger partial charge is 0.217 e. The molecule has 0 aliphatic heterocycles. The molecule has 2 heterocycles. The summed E-state index contributed by atoms with van der Waals surface area (Å²) >= 11 is 0. The van der Waals surface area contributed by atoms with Crippen LogP contribution in [-0.2, 0) is 6.54 Å². The Hall–Kier alpha value is -2.11. The molecule has 0 atom stereocenters. The molecule has 0 aromatic carbocycles. The lowest BCUT2D eigenvalue weighted by molar-refractivity contribution is 0.580. The average Bonchev–Trinajstić information content (AvgIpc) is 2.28. The molecular formula is C9H8FN5. The molecule has 0 aliphatic rings. The van der Waals surface area contributed by atoms with Gasteiger partial charge in [0.1, 0.15) is 18.5 Å². The number of rotatable bonds is 3. The van der Waals surface area contributed by atoms with Gasteiger partial charge in [-0.25, -0.2) is 19.9 Å². The summed E-state index contributed by atoms with van der Waals surface area (Å²) in [4.78, 5) is 15.0. The van der Waals surface area contributed by atoms with E-state index in [0.29, 0.717) is 12.4 Å². The van der Waals surface area contributed by atoms with Gasteiger partial charge < -0.3 is 5.32 Å². The molecule has 5 nitrogen and oxygen atoms in total. The van der Waals surface area contributed by atoms with E-state index in [4.69, 9.17) is 0 Å². The molecule has 0 spiro atoms. The molecule has 0 unspecified atom stereocenters. The third-order valence-corrected chi connectivity index (χ3v) is 1.73. The van der Waals surface area contributed by atoms with Crippen LogP contribution in [0.4, 0.5) is 10.2 Å². The molecule has 0 saturated carbocycles. The number of nitrogens with one attached hydrogen (secondary N) is 1. The molecule has 2 aromatic rings. The van der Waals surface area contributed by atoms with Crippen LogP contribution in [0, 0.1) is 5.95 Å². The molecule has 2 aromatic heterocycles. The van der Waals surface area contributed by atoms with Gasteiger partial charge in [0.05, 0.1) is 12.2 Å². The van der Waals surface area contributed by atoms with Crippen LogP contribution in [0.5, 0.6) is 0 Å². The van der Waals surface area contributed by atoms with Crippen LogP contribution < -0.4 is 5.32 Å². The van der Waals surface area contributed by atoms with Crippen LogP contribution >= 0.6 is 0 Å². The van der Waals surface area contributed by atoms with Crippen LogP contribution in [-0.4, -0.2) is 19.9 Å². The van der Waals surface area contributed by atoms with Crippen molar-refractivity contribution in [3.05, 3.63) is 42.6 Å². The number of hydrogen-bond donors (Lipinski definition) is 1. The summed E-state index contributed by atoms with van der Waals surface area (Å²) in [5, 5.41) is 2.92. The molecule has 6 heteroatoms. The van der Waals surface area contributed by atoms with Crippen molar-refractivity contribution in [2.24, 2.45) is 0 Å². The van der Waals surface area contributed by atoms with E-state index in [2.05, 4.69) is 25.3 Å². The van der Waals surface area contributed by atoms with Crippen molar-refractivity contribution in [2.45, 2.75) is 6.54 Å². The predicted molar refractivity (Wildman–Crippen MR) is 51.3 cm³/mol. The van der Waals surface area contributed by atoms with Crippen LogP contribution in [0.25, 0.3) is 0 Å². The Morgan fingerprint density at radius 3 is 2.87 bits per heavy atom. The minimum Gasteiger partial charge on any atom is -0.364 e. The highest BCUT2D eigenvalue weighted by atomic mass is 19.1. The number of halogens is 1. The van der Waals surface area contributed by atoms with Crippen molar-refractivity contribution in [3.8, 4) is 0 Å². The first-order chi connectivity index (χ1) is 7.34. The summed E-state index contributed by atoms with van der Waals surface area (Å²) in [5.74, 6) is -0.128. The second-order valence-electron chi connectivity index (χ2n) is 2.78. The largest absolute Gasteiger partial charge is 0.364 e. The van der Waals surface area contributed by atoms with Gasteiger partial charge in [-0.3, -0.25) is 0 Å².